The van der Waals surface area contributed by atoms with Crippen LogP contribution in [-0.2, 0) is 12.8 Å². The second kappa shape index (κ2) is 31.0. The van der Waals surface area contributed by atoms with Gasteiger partial charge in [-0.2, -0.15) is 4.39 Å². The lowest BCUT2D eigenvalue weighted by Gasteiger charge is -2.12. The summed E-state index contributed by atoms with van der Waals surface area (Å²) in [7, 11) is 0. The van der Waals surface area contributed by atoms with E-state index in [1.807, 2.05) is 24.3 Å². The van der Waals surface area contributed by atoms with E-state index in [1.54, 1.807) is 24.3 Å². The minimum atomic E-state index is -1.56. The Morgan fingerprint density at radius 1 is 0.333 bits per heavy atom. The monoisotopic (exact) mass is 1020 g/mol. The largest absolute Gasteiger partial charge is 0.423 e. The number of ether oxygens (including phenoxy) is 4. The molecule has 0 saturated carbocycles. The predicted octanol–water partition coefficient (Wildman–Crippen LogP) is 17.6. The summed E-state index contributed by atoms with van der Waals surface area (Å²) in [5.41, 5.74) is 2.15. The second-order valence-corrected chi connectivity index (χ2v) is 19.2. The van der Waals surface area contributed by atoms with Gasteiger partial charge in [-0.1, -0.05) is 154 Å². The molecular formula is C64H71F3O8. The molecule has 0 bridgehead atoms. The van der Waals surface area contributed by atoms with Crippen LogP contribution in [0.25, 0.3) is 11.1 Å². The molecule has 0 aliphatic rings. The van der Waals surface area contributed by atoms with E-state index in [9.17, 15) is 19.2 Å². The molecule has 6 aromatic carbocycles. The van der Waals surface area contributed by atoms with Crippen LogP contribution >= 0.6 is 0 Å². The summed E-state index contributed by atoms with van der Waals surface area (Å²) in [4.78, 5) is 51.8. The van der Waals surface area contributed by atoms with Gasteiger partial charge in [0, 0.05) is 11.1 Å². The highest BCUT2D eigenvalue weighted by Crippen LogP contribution is 2.34. The molecule has 0 aliphatic heterocycles. The van der Waals surface area contributed by atoms with Gasteiger partial charge in [0.25, 0.3) is 0 Å². The minimum Gasteiger partial charge on any atom is -0.423 e. The molecular weight excluding hydrogens is 954 g/mol. The van der Waals surface area contributed by atoms with Crippen molar-refractivity contribution in [2.45, 2.75) is 155 Å². The van der Waals surface area contributed by atoms with Gasteiger partial charge >= 0.3 is 23.9 Å². The van der Waals surface area contributed by atoms with Crippen LogP contribution in [0.3, 0.4) is 0 Å². The van der Waals surface area contributed by atoms with E-state index < -0.39 is 58.2 Å². The Hall–Kier alpha value is -7.01. The highest BCUT2D eigenvalue weighted by atomic mass is 19.2. The maximum Gasteiger partial charge on any atom is 0.343 e. The van der Waals surface area contributed by atoms with Crippen molar-refractivity contribution in [1.82, 2.24) is 0 Å². The Labute approximate surface area is 441 Å². The summed E-state index contributed by atoms with van der Waals surface area (Å²) >= 11 is 0. The van der Waals surface area contributed by atoms with Crippen LogP contribution in [0.5, 0.6) is 23.0 Å². The zero-order chi connectivity index (χ0) is 53.2. The third kappa shape index (κ3) is 18.7. The molecule has 11 heteroatoms. The average Bonchev–Trinajstić information content (AvgIpc) is 3.42. The molecule has 75 heavy (non-hydrogen) atoms. The van der Waals surface area contributed by atoms with Crippen LogP contribution < -0.4 is 18.9 Å². The molecule has 396 valence electrons. The van der Waals surface area contributed by atoms with Gasteiger partial charge < -0.3 is 18.9 Å². The molecule has 0 fully saturated rings. The predicted molar refractivity (Wildman–Crippen MR) is 288 cm³/mol. The lowest BCUT2D eigenvalue weighted by molar-refractivity contribution is 0.0717. The third-order valence-corrected chi connectivity index (χ3v) is 13.3. The second-order valence-electron chi connectivity index (χ2n) is 19.2. The van der Waals surface area contributed by atoms with Gasteiger partial charge in [-0.3, -0.25) is 0 Å². The minimum absolute atomic E-state index is 0.0403. The van der Waals surface area contributed by atoms with E-state index in [-0.39, 0.29) is 28.4 Å². The van der Waals surface area contributed by atoms with Gasteiger partial charge in [0.05, 0.1) is 22.3 Å². The van der Waals surface area contributed by atoms with Gasteiger partial charge in [0.2, 0.25) is 5.82 Å². The highest BCUT2D eigenvalue weighted by Gasteiger charge is 2.22. The van der Waals surface area contributed by atoms with E-state index in [4.69, 9.17) is 18.9 Å². The topological polar surface area (TPSA) is 105 Å². The first-order chi connectivity index (χ1) is 36.5. The van der Waals surface area contributed by atoms with Crippen molar-refractivity contribution in [3.63, 3.8) is 0 Å². The third-order valence-electron chi connectivity index (χ3n) is 13.3. The smallest absolute Gasteiger partial charge is 0.343 e. The quantitative estimate of drug-likeness (QED) is 0.0241. The number of aryl methyl sites for hydroxylation is 2. The van der Waals surface area contributed by atoms with Crippen LogP contribution in [0.1, 0.15) is 195 Å². The summed E-state index contributed by atoms with van der Waals surface area (Å²) < 4.78 is 67.7. The van der Waals surface area contributed by atoms with Crippen molar-refractivity contribution in [1.29, 1.82) is 0 Å². The first kappa shape index (κ1) is 57.3. The fraction of sp³-hybridized carbons (Fsp3) is 0.375. The van der Waals surface area contributed by atoms with Gasteiger partial charge in [0.15, 0.2) is 11.6 Å². The Kier molecular flexibility index (Phi) is 23.7. The number of benzene rings is 6. The molecule has 0 aromatic heterocycles. The highest BCUT2D eigenvalue weighted by molar-refractivity contribution is 5.94. The van der Waals surface area contributed by atoms with Crippen LogP contribution in [0.2, 0.25) is 0 Å². The lowest BCUT2D eigenvalue weighted by atomic mass is 10.0. The lowest BCUT2D eigenvalue weighted by Crippen LogP contribution is -2.11. The summed E-state index contributed by atoms with van der Waals surface area (Å²) in [6.45, 7) is 4.47. The van der Waals surface area contributed by atoms with Gasteiger partial charge in [-0.15, -0.1) is 0 Å². The molecule has 6 aromatic rings. The van der Waals surface area contributed by atoms with Crippen LogP contribution in [0.4, 0.5) is 13.2 Å². The molecule has 6 rings (SSSR count). The molecule has 0 amide bonds. The molecule has 0 unspecified atom stereocenters. The molecule has 8 nitrogen and oxygen atoms in total. The van der Waals surface area contributed by atoms with Crippen molar-refractivity contribution in [3.8, 4) is 34.1 Å². The number of carbonyl (C=O) groups is 4. The van der Waals surface area contributed by atoms with Gasteiger partial charge in [0.1, 0.15) is 23.1 Å². The number of carbonyl (C=O) groups excluding carboxylic acids is 4. The molecule has 0 atom stereocenters. The maximum absolute atomic E-state index is 15.6. The number of rotatable bonds is 31. The maximum atomic E-state index is 15.6. The standard InChI is InChI=1S/C64H71F3O8/c1-3-5-7-9-11-13-15-17-19-21-23-46-25-29-48(30-26-46)61(68)72-52-37-33-50(34-38-52)63(70)74-54-41-43-57(65)56(45-54)55-42-44-58(60(67)59(55)66)75-64(71)51-35-39-53(40-36-51)73-62(69)49-31-27-47(28-32-49)24-22-20-18-16-14-12-10-8-6-4-2/h25-45H,3-24H2,1-2H3. The summed E-state index contributed by atoms with van der Waals surface area (Å²) in [5, 5.41) is 0. The Balaban J connectivity index is 0.936. The molecule has 0 N–H and O–H groups in total. The Morgan fingerprint density at radius 2 is 0.667 bits per heavy atom. The Morgan fingerprint density at radius 3 is 1.07 bits per heavy atom. The SMILES string of the molecule is CCCCCCCCCCCCc1ccc(C(=O)Oc2ccc(C(=O)Oc3ccc(F)c(-c4ccc(OC(=O)c5ccc(OC(=O)c6ccc(CCCCCCCCCCCC)cc6)cc5)c(F)c4F)c3)cc2)cc1. The molecule has 0 radical (unpaired) electrons. The van der Waals surface area contributed by atoms with Crippen LogP contribution in [-0.4, -0.2) is 23.9 Å². The van der Waals surface area contributed by atoms with Crippen molar-refractivity contribution in [3.05, 3.63) is 178 Å². The van der Waals surface area contributed by atoms with E-state index in [1.165, 1.54) is 164 Å². The van der Waals surface area contributed by atoms with Gasteiger partial charge in [-0.25, -0.2) is 28.0 Å². The van der Waals surface area contributed by atoms with E-state index >= 15 is 13.2 Å². The zero-order valence-electron chi connectivity index (χ0n) is 43.6. The molecule has 0 spiro atoms. The van der Waals surface area contributed by atoms with E-state index in [0.717, 1.165) is 67.1 Å². The number of halogens is 3. The van der Waals surface area contributed by atoms with E-state index in [0.29, 0.717) is 11.1 Å². The number of unbranched alkanes of at least 4 members (excludes halogenated alkanes) is 18. The number of hydrogen-bond donors (Lipinski definition) is 0. The first-order valence-electron chi connectivity index (χ1n) is 27.1. The Bertz CT molecular complexity index is 2730. The normalized spacial score (nSPS) is 11.1. The molecule has 0 heterocycles. The van der Waals surface area contributed by atoms with Crippen molar-refractivity contribution in [2.75, 3.05) is 0 Å². The summed E-state index contributed by atoms with van der Waals surface area (Å²) in [6.07, 6.45) is 27.3. The van der Waals surface area contributed by atoms with Crippen LogP contribution in [0.15, 0.2) is 127 Å². The van der Waals surface area contributed by atoms with E-state index in [2.05, 4.69) is 13.8 Å². The molecule has 0 saturated heterocycles. The van der Waals surface area contributed by atoms with Crippen molar-refractivity contribution in [2.24, 2.45) is 0 Å². The molecule has 0 aliphatic carbocycles. The van der Waals surface area contributed by atoms with Crippen molar-refractivity contribution < 1.29 is 51.3 Å². The van der Waals surface area contributed by atoms with Gasteiger partial charge in [-0.05, 0) is 140 Å². The summed E-state index contributed by atoms with van der Waals surface area (Å²) in [5.74, 6) is -7.57. The summed E-state index contributed by atoms with van der Waals surface area (Å²) in [6, 6.07) is 30.8. The fourth-order valence-electron chi connectivity index (χ4n) is 8.82. The average molecular weight is 1030 g/mol. The first-order valence-corrected chi connectivity index (χ1v) is 27.1. The zero-order valence-corrected chi connectivity index (χ0v) is 43.6. The van der Waals surface area contributed by atoms with Crippen LogP contribution in [0, 0.1) is 17.5 Å². The van der Waals surface area contributed by atoms with Crippen molar-refractivity contribution >= 4 is 23.9 Å². The fourth-order valence-corrected chi connectivity index (χ4v) is 8.82. The number of hydrogen-bond acceptors (Lipinski definition) is 8. The number of esters is 4.